The van der Waals surface area contributed by atoms with Crippen molar-refractivity contribution in [3.8, 4) is 0 Å². The molecular formula is C21H19N4OS+. The Kier molecular flexibility index (Phi) is 3.98. The second kappa shape index (κ2) is 6.63. The number of hydrogen-bond acceptors (Lipinski definition) is 5. The maximum Gasteiger partial charge on any atom is 0.355 e. The number of rotatable bonds is 2. The number of thiazole rings is 1. The van der Waals surface area contributed by atoms with Crippen molar-refractivity contribution in [2.45, 2.75) is 25.3 Å². The Morgan fingerprint density at radius 3 is 2.74 bits per heavy atom. The number of carbonyl (C=O) groups is 1. The minimum absolute atomic E-state index is 0.146. The van der Waals surface area contributed by atoms with Crippen LogP contribution in [0.25, 0.3) is 10.2 Å². The van der Waals surface area contributed by atoms with E-state index in [2.05, 4.69) is 38.8 Å². The van der Waals surface area contributed by atoms with Crippen molar-refractivity contribution in [3.05, 3.63) is 71.4 Å². The highest BCUT2D eigenvalue weighted by Gasteiger charge is 2.36. The molecule has 27 heavy (non-hydrogen) atoms. The average Bonchev–Trinajstić information content (AvgIpc) is 3.10. The number of ketones is 1. The van der Waals surface area contributed by atoms with E-state index in [4.69, 9.17) is 0 Å². The van der Waals surface area contributed by atoms with Crippen LogP contribution in [0.1, 0.15) is 30.9 Å². The lowest BCUT2D eigenvalue weighted by Gasteiger charge is -2.26. The van der Waals surface area contributed by atoms with E-state index in [1.54, 1.807) is 11.3 Å². The van der Waals surface area contributed by atoms with Gasteiger partial charge in [-0.3, -0.25) is 9.79 Å². The quantitative estimate of drug-likeness (QED) is 0.644. The van der Waals surface area contributed by atoms with Crippen molar-refractivity contribution in [1.82, 2.24) is 10.3 Å². The number of allylic oxidation sites excluding steroid dienone is 1. The number of Topliss-reactive ketones (excluding diaryl/α,β-unsaturated/α-hetero) is 1. The van der Waals surface area contributed by atoms with Gasteiger partial charge in [-0.15, -0.1) is 0 Å². The Balaban J connectivity index is 1.52. The zero-order valence-corrected chi connectivity index (χ0v) is 15.5. The van der Waals surface area contributed by atoms with Crippen molar-refractivity contribution >= 4 is 38.4 Å². The maximum atomic E-state index is 12.6. The van der Waals surface area contributed by atoms with Gasteiger partial charge in [0.25, 0.3) is 5.13 Å². The van der Waals surface area contributed by atoms with Crippen LogP contribution in [0, 0.1) is 0 Å². The molecule has 0 fully saturated rings. The Morgan fingerprint density at radius 2 is 1.89 bits per heavy atom. The normalized spacial score (nSPS) is 19.5. The van der Waals surface area contributed by atoms with Crippen molar-refractivity contribution in [2.24, 2.45) is 0 Å². The van der Waals surface area contributed by atoms with Crippen molar-refractivity contribution < 1.29 is 9.79 Å². The maximum absolute atomic E-state index is 12.6. The highest BCUT2D eigenvalue weighted by molar-refractivity contribution is 7.22. The van der Waals surface area contributed by atoms with Gasteiger partial charge < -0.3 is 0 Å². The SMILES string of the molecule is O=C1CCCC2=C1[C@H](c1ccccc1)[NH+]=C(Nc1nc3ccccc3s1)N2. The van der Waals surface area contributed by atoms with E-state index in [0.29, 0.717) is 6.42 Å². The summed E-state index contributed by atoms with van der Waals surface area (Å²) in [7, 11) is 0. The fourth-order valence-electron chi connectivity index (χ4n) is 3.73. The third-order valence-electron chi connectivity index (χ3n) is 4.97. The molecule has 2 heterocycles. The molecule has 3 N–H and O–H groups in total. The molecular weight excluding hydrogens is 356 g/mol. The Labute approximate surface area is 160 Å². The number of anilines is 1. The molecule has 1 atom stereocenters. The first-order chi connectivity index (χ1) is 13.3. The van der Waals surface area contributed by atoms with Gasteiger partial charge in [0.05, 0.1) is 21.5 Å². The van der Waals surface area contributed by atoms with Crippen LogP contribution < -0.4 is 15.6 Å². The highest BCUT2D eigenvalue weighted by atomic mass is 32.1. The number of para-hydroxylation sites is 1. The predicted molar refractivity (Wildman–Crippen MR) is 107 cm³/mol. The second-order valence-electron chi connectivity index (χ2n) is 6.77. The molecule has 0 radical (unpaired) electrons. The molecule has 1 aromatic heterocycles. The summed E-state index contributed by atoms with van der Waals surface area (Å²) < 4.78 is 1.14. The van der Waals surface area contributed by atoms with Crippen LogP contribution in [-0.4, -0.2) is 16.7 Å². The standard InChI is InChI=1S/C21H18N4OS/c26-16-11-6-10-15-18(16)19(13-7-2-1-3-8-13)24-20(22-15)25-21-23-14-9-4-5-12-17(14)27-21/h1-5,7-9,12,19H,6,10-11H2,(H2,22,23,24,25)/p+1/t19-/m0/s1. The first-order valence-electron chi connectivity index (χ1n) is 9.12. The number of fused-ring (bicyclic) bond motifs is 1. The third-order valence-corrected chi connectivity index (χ3v) is 5.92. The average molecular weight is 375 g/mol. The van der Waals surface area contributed by atoms with Gasteiger partial charge in [-0.2, -0.15) is 0 Å². The molecule has 2 aliphatic rings. The zero-order chi connectivity index (χ0) is 18.2. The molecule has 1 aliphatic heterocycles. The van der Waals surface area contributed by atoms with Crippen LogP contribution in [-0.2, 0) is 4.79 Å². The molecule has 0 saturated heterocycles. The second-order valence-corrected chi connectivity index (χ2v) is 7.80. The first kappa shape index (κ1) is 16.2. The van der Waals surface area contributed by atoms with Gasteiger partial charge in [0.2, 0.25) is 0 Å². The number of hydrogen-bond donors (Lipinski definition) is 3. The Morgan fingerprint density at radius 1 is 1.07 bits per heavy atom. The minimum atomic E-state index is -0.146. The van der Waals surface area contributed by atoms with E-state index < -0.39 is 0 Å². The van der Waals surface area contributed by atoms with E-state index in [0.717, 1.165) is 51.0 Å². The van der Waals surface area contributed by atoms with Gasteiger partial charge in [-0.1, -0.05) is 53.8 Å². The molecule has 0 saturated carbocycles. The molecule has 2 aromatic carbocycles. The molecule has 0 spiro atoms. The smallest absolute Gasteiger partial charge is 0.294 e. The van der Waals surface area contributed by atoms with Crippen LogP contribution >= 0.6 is 11.3 Å². The van der Waals surface area contributed by atoms with Gasteiger partial charge in [0, 0.05) is 12.8 Å². The zero-order valence-electron chi connectivity index (χ0n) is 14.7. The fourth-order valence-corrected chi connectivity index (χ4v) is 4.60. The van der Waals surface area contributed by atoms with Crippen molar-refractivity contribution in [2.75, 3.05) is 5.32 Å². The highest BCUT2D eigenvalue weighted by Crippen LogP contribution is 2.30. The lowest BCUT2D eigenvalue weighted by Crippen LogP contribution is -2.82. The number of benzene rings is 2. The van der Waals surface area contributed by atoms with Crippen molar-refractivity contribution in [1.29, 1.82) is 0 Å². The lowest BCUT2D eigenvalue weighted by molar-refractivity contribution is -0.501. The predicted octanol–water partition coefficient (Wildman–Crippen LogP) is 2.50. The van der Waals surface area contributed by atoms with Gasteiger partial charge >= 0.3 is 5.96 Å². The lowest BCUT2D eigenvalue weighted by atomic mass is 9.86. The van der Waals surface area contributed by atoms with Crippen LogP contribution in [0.4, 0.5) is 5.13 Å². The molecule has 0 amide bonds. The van der Waals surface area contributed by atoms with E-state index in [9.17, 15) is 4.79 Å². The summed E-state index contributed by atoms with van der Waals surface area (Å²) >= 11 is 1.61. The summed E-state index contributed by atoms with van der Waals surface area (Å²) in [6, 6.07) is 18.1. The molecule has 0 bridgehead atoms. The largest absolute Gasteiger partial charge is 0.355 e. The summed E-state index contributed by atoms with van der Waals surface area (Å²) in [4.78, 5) is 20.7. The van der Waals surface area contributed by atoms with Crippen LogP contribution in [0.2, 0.25) is 0 Å². The molecule has 6 heteroatoms. The summed E-state index contributed by atoms with van der Waals surface area (Å²) in [6.07, 6.45) is 2.39. The molecule has 0 unspecified atom stereocenters. The number of guanidine groups is 1. The monoisotopic (exact) mass is 375 g/mol. The molecule has 134 valence electrons. The Bertz CT molecular complexity index is 1050. The fraction of sp³-hybridized carbons (Fsp3) is 0.190. The van der Waals surface area contributed by atoms with Crippen LogP contribution in [0.3, 0.4) is 0 Å². The third kappa shape index (κ3) is 3.02. The summed E-state index contributed by atoms with van der Waals surface area (Å²) in [5.41, 5.74) is 3.95. The number of carbonyl (C=O) groups excluding carboxylic acids is 1. The summed E-state index contributed by atoms with van der Waals surface area (Å²) in [5, 5.41) is 7.60. The number of aromatic nitrogens is 1. The van der Waals surface area contributed by atoms with E-state index in [1.807, 2.05) is 36.4 Å². The van der Waals surface area contributed by atoms with Crippen LogP contribution in [0.5, 0.6) is 0 Å². The minimum Gasteiger partial charge on any atom is -0.294 e. The van der Waals surface area contributed by atoms with Crippen molar-refractivity contribution in [3.63, 3.8) is 0 Å². The van der Waals surface area contributed by atoms with Gasteiger partial charge in [0.1, 0.15) is 6.04 Å². The molecule has 3 aromatic rings. The number of nitrogens with zero attached hydrogens (tertiary/aromatic N) is 1. The number of nitrogens with one attached hydrogen (secondary N) is 3. The van der Waals surface area contributed by atoms with Crippen LogP contribution in [0.15, 0.2) is 65.9 Å². The molecule has 5 nitrogen and oxygen atoms in total. The topological polar surface area (TPSA) is 68.0 Å². The van der Waals surface area contributed by atoms with Gasteiger partial charge in [-0.25, -0.2) is 15.6 Å². The molecule has 1 aliphatic carbocycles. The van der Waals surface area contributed by atoms with Gasteiger partial charge in [0.15, 0.2) is 5.78 Å². The first-order valence-corrected chi connectivity index (χ1v) is 9.94. The van der Waals surface area contributed by atoms with Gasteiger partial charge in [-0.05, 0) is 24.1 Å². The van der Waals surface area contributed by atoms with E-state index in [-0.39, 0.29) is 11.8 Å². The Hall–Kier alpha value is -2.99. The summed E-state index contributed by atoms with van der Waals surface area (Å²) in [6.45, 7) is 0. The summed E-state index contributed by atoms with van der Waals surface area (Å²) in [5.74, 6) is 1.00. The van der Waals surface area contributed by atoms with E-state index >= 15 is 0 Å². The van der Waals surface area contributed by atoms with E-state index in [1.165, 1.54) is 0 Å². The molecule has 5 rings (SSSR count).